The van der Waals surface area contributed by atoms with Crippen LogP contribution < -0.4 is 10.1 Å². The second kappa shape index (κ2) is 11.2. The van der Waals surface area contributed by atoms with Crippen molar-refractivity contribution < 1.29 is 19.4 Å². The number of rotatable bonds is 8. The van der Waals surface area contributed by atoms with Crippen LogP contribution >= 0.6 is 0 Å². The molecule has 2 amide bonds. The largest absolute Gasteiger partial charge is 0.488 e. The van der Waals surface area contributed by atoms with Crippen molar-refractivity contribution in [2.45, 2.75) is 51.8 Å². The summed E-state index contributed by atoms with van der Waals surface area (Å²) in [6.07, 6.45) is 1.87. The van der Waals surface area contributed by atoms with Gasteiger partial charge in [-0.3, -0.25) is 14.5 Å². The number of amides is 2. The molecule has 1 aliphatic carbocycles. The molecule has 35 heavy (non-hydrogen) atoms. The molecule has 0 radical (unpaired) electrons. The SMILES string of the molecule is C[C@@H]1CN([C@@H](C)CO)C(=O)Cc2cc(NC(=O)C3CC3)ccc2O[C@H]1CN(C)Cc1ccccc1. The number of hydrogen-bond donors (Lipinski definition) is 2. The first-order valence-corrected chi connectivity index (χ1v) is 12.6. The van der Waals surface area contributed by atoms with E-state index in [0.29, 0.717) is 24.5 Å². The van der Waals surface area contributed by atoms with Crippen molar-refractivity contribution in [3.63, 3.8) is 0 Å². The Balaban J connectivity index is 1.58. The Hall–Kier alpha value is -2.90. The molecule has 1 saturated carbocycles. The number of fused-ring (bicyclic) bond motifs is 1. The van der Waals surface area contributed by atoms with Crippen molar-refractivity contribution in [1.82, 2.24) is 9.80 Å². The smallest absolute Gasteiger partial charge is 0.227 e. The van der Waals surface area contributed by atoms with E-state index >= 15 is 0 Å². The summed E-state index contributed by atoms with van der Waals surface area (Å²) in [6.45, 7) is 5.85. The van der Waals surface area contributed by atoms with Gasteiger partial charge in [-0.1, -0.05) is 37.3 Å². The zero-order valence-electron chi connectivity index (χ0n) is 20.9. The van der Waals surface area contributed by atoms with Crippen LogP contribution in [-0.2, 0) is 22.6 Å². The maximum absolute atomic E-state index is 13.3. The summed E-state index contributed by atoms with van der Waals surface area (Å²) in [5.74, 6) is 0.805. The van der Waals surface area contributed by atoms with Crippen molar-refractivity contribution in [1.29, 1.82) is 0 Å². The number of aliphatic hydroxyl groups excluding tert-OH is 1. The van der Waals surface area contributed by atoms with Gasteiger partial charge in [0, 0.05) is 42.7 Å². The van der Waals surface area contributed by atoms with Gasteiger partial charge >= 0.3 is 0 Å². The Kier molecular flexibility index (Phi) is 8.08. The number of carbonyl (C=O) groups excluding carboxylic acids is 2. The van der Waals surface area contributed by atoms with Crippen molar-refractivity contribution >= 4 is 17.5 Å². The summed E-state index contributed by atoms with van der Waals surface area (Å²) >= 11 is 0. The normalized spacial score (nSPS) is 21.4. The fourth-order valence-corrected chi connectivity index (χ4v) is 4.58. The van der Waals surface area contributed by atoms with Gasteiger partial charge in [-0.05, 0) is 50.6 Å². The van der Waals surface area contributed by atoms with Gasteiger partial charge in [-0.2, -0.15) is 0 Å². The molecule has 7 heteroatoms. The van der Waals surface area contributed by atoms with Crippen molar-refractivity contribution in [2.24, 2.45) is 11.8 Å². The minimum atomic E-state index is -0.285. The van der Waals surface area contributed by atoms with E-state index in [1.165, 1.54) is 5.56 Å². The van der Waals surface area contributed by atoms with Crippen LogP contribution in [0.1, 0.15) is 37.8 Å². The average molecular weight is 480 g/mol. The topological polar surface area (TPSA) is 82.1 Å². The van der Waals surface area contributed by atoms with Crippen LogP contribution in [0, 0.1) is 11.8 Å². The highest BCUT2D eigenvalue weighted by Gasteiger charge is 2.32. The Morgan fingerprint density at radius 1 is 1.23 bits per heavy atom. The first kappa shape index (κ1) is 25.2. The fourth-order valence-electron chi connectivity index (χ4n) is 4.58. The molecular weight excluding hydrogens is 442 g/mol. The van der Waals surface area contributed by atoms with Crippen molar-refractivity contribution in [2.75, 3.05) is 32.1 Å². The lowest BCUT2D eigenvalue weighted by Crippen LogP contribution is -2.47. The van der Waals surface area contributed by atoms with Gasteiger partial charge in [0.2, 0.25) is 11.8 Å². The second-order valence-electron chi connectivity index (χ2n) is 10.2. The molecule has 2 aliphatic rings. The van der Waals surface area contributed by atoms with Crippen LogP contribution in [0.25, 0.3) is 0 Å². The first-order valence-electron chi connectivity index (χ1n) is 12.6. The second-order valence-corrected chi connectivity index (χ2v) is 10.2. The van der Waals surface area contributed by atoms with Crippen LogP contribution in [0.2, 0.25) is 0 Å². The quantitative estimate of drug-likeness (QED) is 0.607. The van der Waals surface area contributed by atoms with Gasteiger partial charge in [0.25, 0.3) is 0 Å². The number of benzene rings is 2. The van der Waals surface area contributed by atoms with E-state index < -0.39 is 0 Å². The number of carbonyl (C=O) groups is 2. The number of aliphatic hydroxyl groups is 1. The van der Waals surface area contributed by atoms with Crippen molar-refractivity contribution in [3.8, 4) is 5.75 Å². The Bertz CT molecular complexity index is 1020. The average Bonchev–Trinajstić information content (AvgIpc) is 3.68. The molecule has 188 valence electrons. The predicted molar refractivity (Wildman–Crippen MR) is 136 cm³/mol. The van der Waals surface area contributed by atoms with Crippen LogP contribution in [-0.4, -0.2) is 65.6 Å². The zero-order chi connectivity index (χ0) is 24.9. The third kappa shape index (κ3) is 6.61. The minimum Gasteiger partial charge on any atom is -0.488 e. The molecule has 0 aromatic heterocycles. The monoisotopic (exact) mass is 479 g/mol. The molecule has 0 spiro atoms. The highest BCUT2D eigenvalue weighted by Crippen LogP contribution is 2.32. The molecule has 0 bridgehead atoms. The maximum atomic E-state index is 13.3. The predicted octanol–water partition coefficient (Wildman–Crippen LogP) is 3.32. The molecular formula is C28H37N3O4. The summed E-state index contributed by atoms with van der Waals surface area (Å²) in [5, 5.41) is 12.8. The third-order valence-corrected chi connectivity index (χ3v) is 6.92. The van der Waals surface area contributed by atoms with E-state index in [4.69, 9.17) is 4.74 Å². The molecule has 1 heterocycles. The maximum Gasteiger partial charge on any atom is 0.227 e. The summed E-state index contributed by atoms with van der Waals surface area (Å²) < 4.78 is 6.57. The summed E-state index contributed by atoms with van der Waals surface area (Å²) in [7, 11) is 2.08. The molecule has 2 aromatic rings. The summed E-state index contributed by atoms with van der Waals surface area (Å²) in [4.78, 5) is 29.6. The highest BCUT2D eigenvalue weighted by molar-refractivity contribution is 5.94. The van der Waals surface area contributed by atoms with E-state index in [1.54, 1.807) is 4.90 Å². The van der Waals surface area contributed by atoms with Crippen LogP contribution in [0.15, 0.2) is 48.5 Å². The van der Waals surface area contributed by atoms with Gasteiger partial charge in [0.1, 0.15) is 11.9 Å². The number of nitrogens with zero attached hydrogens (tertiary/aromatic N) is 2. The molecule has 1 aliphatic heterocycles. The van der Waals surface area contributed by atoms with E-state index in [-0.39, 0.29) is 48.8 Å². The van der Waals surface area contributed by atoms with Crippen LogP contribution in [0.5, 0.6) is 5.75 Å². The number of ether oxygens (including phenoxy) is 1. The summed E-state index contributed by atoms with van der Waals surface area (Å²) in [5.41, 5.74) is 2.67. The zero-order valence-corrected chi connectivity index (χ0v) is 20.9. The molecule has 0 unspecified atom stereocenters. The molecule has 2 N–H and O–H groups in total. The van der Waals surface area contributed by atoms with E-state index in [0.717, 1.165) is 24.9 Å². The molecule has 2 aromatic carbocycles. The van der Waals surface area contributed by atoms with E-state index in [2.05, 4.69) is 36.3 Å². The highest BCUT2D eigenvalue weighted by atomic mass is 16.5. The fraction of sp³-hybridized carbons (Fsp3) is 0.500. The van der Waals surface area contributed by atoms with Gasteiger partial charge < -0.3 is 20.1 Å². The van der Waals surface area contributed by atoms with Gasteiger partial charge in [0.05, 0.1) is 19.1 Å². The van der Waals surface area contributed by atoms with E-state index in [1.807, 2.05) is 43.3 Å². The number of anilines is 1. The summed E-state index contributed by atoms with van der Waals surface area (Å²) in [6, 6.07) is 15.6. The number of nitrogens with one attached hydrogen (secondary N) is 1. The van der Waals surface area contributed by atoms with Gasteiger partial charge in [-0.15, -0.1) is 0 Å². The minimum absolute atomic E-state index is 0.0322. The Morgan fingerprint density at radius 3 is 2.66 bits per heavy atom. The number of likely N-dealkylation sites (N-methyl/N-ethyl adjacent to an activating group) is 1. The Labute approximate surface area is 208 Å². The van der Waals surface area contributed by atoms with Crippen LogP contribution in [0.4, 0.5) is 5.69 Å². The van der Waals surface area contributed by atoms with Gasteiger partial charge in [-0.25, -0.2) is 0 Å². The third-order valence-electron chi connectivity index (χ3n) is 6.92. The molecule has 4 rings (SSSR count). The molecule has 3 atom stereocenters. The first-order chi connectivity index (χ1) is 16.8. The lowest BCUT2D eigenvalue weighted by molar-refractivity contribution is -0.134. The number of hydrogen-bond acceptors (Lipinski definition) is 5. The Morgan fingerprint density at radius 2 is 1.97 bits per heavy atom. The molecule has 1 fully saturated rings. The standard InChI is InChI=1S/C28H37N3O4/c1-19-15-31(20(2)18-32)27(33)14-23-13-24(29-28(34)22-9-10-22)11-12-25(23)35-26(19)17-30(3)16-21-7-5-4-6-8-21/h4-8,11-13,19-20,22,26,32H,9-10,14-18H2,1-3H3,(H,29,34)/t19-,20+,26+/m1/s1. The molecule has 0 saturated heterocycles. The molecule has 7 nitrogen and oxygen atoms in total. The van der Waals surface area contributed by atoms with E-state index in [9.17, 15) is 14.7 Å². The van der Waals surface area contributed by atoms with Crippen molar-refractivity contribution in [3.05, 3.63) is 59.7 Å². The van der Waals surface area contributed by atoms with Crippen LogP contribution in [0.3, 0.4) is 0 Å². The van der Waals surface area contributed by atoms with Gasteiger partial charge in [0.15, 0.2) is 0 Å². The lowest BCUT2D eigenvalue weighted by Gasteiger charge is -2.34. The lowest BCUT2D eigenvalue weighted by atomic mass is 10.0.